The zero-order valence-corrected chi connectivity index (χ0v) is 29.8. The Morgan fingerprint density at radius 2 is 1.39 bits per heavy atom. The van der Waals surface area contributed by atoms with Crippen LogP contribution in [0.25, 0.3) is 0 Å². The molecule has 1 aromatic heterocycles. The van der Waals surface area contributed by atoms with Crippen LogP contribution in [0.15, 0.2) is 54.9 Å². The van der Waals surface area contributed by atoms with E-state index in [-0.39, 0.29) is 19.3 Å². The summed E-state index contributed by atoms with van der Waals surface area (Å²) >= 11 is 0. The first-order valence-corrected chi connectivity index (χ1v) is 19.0. The van der Waals surface area contributed by atoms with Crippen LogP contribution in [-0.2, 0) is 20.5 Å². The monoisotopic (exact) mass is 661 g/mol. The fourth-order valence-electron chi connectivity index (χ4n) is 5.31. The van der Waals surface area contributed by atoms with Crippen LogP contribution in [0.2, 0.25) is 0 Å². The minimum absolute atomic E-state index is 0.0237. The van der Waals surface area contributed by atoms with Crippen molar-refractivity contribution in [2.45, 2.75) is 142 Å². The van der Waals surface area contributed by atoms with Gasteiger partial charge >= 0.3 is 14.7 Å². The second-order valence-corrected chi connectivity index (χ2v) is 13.4. The molecular weight excluding hydrogens is 599 g/mol. The largest absolute Gasteiger partial charge is 0.447 e. The molecule has 2 unspecified atom stereocenters. The third kappa shape index (κ3) is 21.5. The molecule has 2 rings (SSSR count). The van der Waals surface area contributed by atoms with Gasteiger partial charge in [0.25, 0.3) is 0 Å². The number of ether oxygens (including phenoxy) is 2. The number of benzene rings is 1. The molecule has 0 saturated heterocycles. The first kappa shape index (κ1) is 39.9. The van der Waals surface area contributed by atoms with Crippen molar-refractivity contribution >= 4 is 14.7 Å². The number of nitrogens with one attached hydrogen (secondary N) is 1. The van der Waals surface area contributed by atoms with Crippen molar-refractivity contribution in [2.24, 2.45) is 0 Å². The lowest BCUT2D eigenvalue weighted by Gasteiger charge is -2.21. The fourth-order valence-corrected chi connectivity index (χ4v) is 5.95. The predicted molar refractivity (Wildman–Crippen MR) is 187 cm³/mol. The Morgan fingerprint density at radius 3 is 1.98 bits per heavy atom. The molecule has 0 aliphatic carbocycles. The van der Waals surface area contributed by atoms with Crippen LogP contribution in [-0.4, -0.2) is 43.0 Å². The summed E-state index contributed by atoms with van der Waals surface area (Å²) in [5.41, 5.74) is 1.04. The third-order valence-electron chi connectivity index (χ3n) is 7.76. The van der Waals surface area contributed by atoms with Crippen LogP contribution in [0, 0.1) is 0 Å². The molecule has 0 aliphatic rings. The second-order valence-electron chi connectivity index (χ2n) is 12.5. The lowest BCUT2D eigenvalue weighted by Crippen LogP contribution is -2.33. The molecular formula is C37H62N2O6P+. The molecule has 0 saturated carbocycles. The summed E-state index contributed by atoms with van der Waals surface area (Å²) in [5.74, 6) is 0.522. The van der Waals surface area contributed by atoms with Crippen molar-refractivity contribution in [3.8, 4) is 5.75 Å². The topological polar surface area (TPSA) is 90.1 Å². The molecule has 0 fully saturated rings. The second kappa shape index (κ2) is 26.8. The Morgan fingerprint density at radius 1 is 0.804 bits per heavy atom. The quantitative estimate of drug-likeness (QED) is 0.0537. The molecule has 9 heteroatoms. The molecule has 260 valence electrons. The number of pyridine rings is 1. The highest BCUT2D eigenvalue weighted by molar-refractivity contribution is 7.41. The summed E-state index contributed by atoms with van der Waals surface area (Å²) in [5, 5.41) is 2.83. The van der Waals surface area contributed by atoms with E-state index >= 15 is 0 Å². The molecule has 1 heterocycles. The molecule has 2 aromatic rings. The van der Waals surface area contributed by atoms with E-state index < -0.39 is 20.8 Å². The van der Waals surface area contributed by atoms with Crippen molar-refractivity contribution in [3.63, 3.8) is 0 Å². The number of amides is 1. The summed E-state index contributed by atoms with van der Waals surface area (Å²) in [6.07, 6.45) is 24.0. The number of hydrogen-bond acceptors (Lipinski definition) is 6. The Kier molecular flexibility index (Phi) is 23.2. The predicted octanol–water partition coefficient (Wildman–Crippen LogP) is 9.42. The maximum Gasteiger partial charge on any atom is 0.407 e. The van der Waals surface area contributed by atoms with Gasteiger partial charge in [-0.15, -0.1) is 0 Å². The summed E-state index contributed by atoms with van der Waals surface area (Å²) in [6.45, 7) is 7.42. The molecule has 0 spiro atoms. The molecule has 1 amide bonds. The molecule has 1 aromatic carbocycles. The van der Waals surface area contributed by atoms with Crippen molar-refractivity contribution in [2.75, 3.05) is 19.8 Å². The molecule has 0 bridgehead atoms. The van der Waals surface area contributed by atoms with E-state index in [1.54, 1.807) is 6.07 Å². The first-order valence-electron chi connectivity index (χ1n) is 17.8. The summed E-state index contributed by atoms with van der Waals surface area (Å²) in [7, 11) is -2.18. The van der Waals surface area contributed by atoms with Gasteiger partial charge in [0, 0.05) is 24.2 Å². The van der Waals surface area contributed by atoms with Crippen LogP contribution in [0.1, 0.15) is 129 Å². The smallest absolute Gasteiger partial charge is 0.407 e. The van der Waals surface area contributed by atoms with E-state index in [0.717, 1.165) is 18.4 Å². The van der Waals surface area contributed by atoms with Crippen LogP contribution in [0.4, 0.5) is 4.79 Å². The molecule has 46 heavy (non-hydrogen) atoms. The fraction of sp³-hybridized carbons (Fsp3) is 0.676. The van der Waals surface area contributed by atoms with Crippen molar-refractivity contribution in [3.05, 3.63) is 60.4 Å². The number of nitrogens with zero attached hydrogens (tertiary/aromatic N) is 1. The number of carbonyl (C=O) groups is 1. The highest BCUT2D eigenvalue weighted by atomic mass is 31.2. The van der Waals surface area contributed by atoms with Gasteiger partial charge in [-0.1, -0.05) is 121 Å². The van der Waals surface area contributed by atoms with Gasteiger partial charge in [0.2, 0.25) is 0 Å². The number of hydrogen-bond donors (Lipinski definition) is 2. The highest BCUT2D eigenvalue weighted by Gasteiger charge is 2.19. The van der Waals surface area contributed by atoms with Gasteiger partial charge in [0.05, 0.1) is 12.7 Å². The number of carbonyl (C=O) groups excluding carboxylic acids is 1. The first-order chi connectivity index (χ1) is 22.5. The standard InChI is InChI=1S/C37H61N2O6P/c1-4-5-6-7-8-9-10-11-12-13-14-15-16-17-18-20-26-38-37(40)42-31-36(44-33(2)3)32-43-46(41)45-35-25-23-24-34(29-35)30-39-27-21-19-22-28-39/h19,21-25,27-29,33,36,41H,4-18,20,26,30-32H2,1-3H3/p+1. The number of unbranched alkanes of at least 4 members (excludes halogenated alkanes) is 15. The third-order valence-corrected chi connectivity index (χ3v) is 8.50. The maximum absolute atomic E-state index is 12.2. The van der Waals surface area contributed by atoms with Crippen molar-refractivity contribution < 1.29 is 32.8 Å². The molecule has 8 nitrogen and oxygen atoms in total. The highest BCUT2D eigenvalue weighted by Crippen LogP contribution is 2.35. The Bertz CT molecular complexity index is 1010. The van der Waals surface area contributed by atoms with Gasteiger partial charge in [-0.05, 0) is 32.4 Å². The Hall–Kier alpha value is -2.25. The molecule has 2 N–H and O–H groups in total. The Balaban J connectivity index is 1.50. The van der Waals surface area contributed by atoms with Crippen LogP contribution in [0.3, 0.4) is 0 Å². The SMILES string of the molecule is CCCCCCCCCCCCCCCCCCNC(=O)OCC(COP(O)Oc1cccc(C[n+]2ccccc2)c1)OC(C)C. The van der Waals surface area contributed by atoms with E-state index in [4.69, 9.17) is 18.5 Å². The van der Waals surface area contributed by atoms with E-state index in [9.17, 15) is 9.69 Å². The summed E-state index contributed by atoms with van der Waals surface area (Å²) in [4.78, 5) is 22.6. The normalized spacial score (nSPS) is 12.6. The Labute approximate surface area is 280 Å². The summed E-state index contributed by atoms with van der Waals surface area (Å²) in [6, 6.07) is 13.5. The van der Waals surface area contributed by atoms with E-state index in [2.05, 4.69) is 16.8 Å². The van der Waals surface area contributed by atoms with E-state index in [1.807, 2.05) is 62.6 Å². The van der Waals surface area contributed by atoms with Crippen molar-refractivity contribution in [1.29, 1.82) is 0 Å². The minimum atomic E-state index is -2.18. The zero-order valence-electron chi connectivity index (χ0n) is 28.9. The van der Waals surface area contributed by atoms with E-state index in [0.29, 0.717) is 18.8 Å². The lowest BCUT2D eigenvalue weighted by atomic mass is 10.0. The minimum Gasteiger partial charge on any atom is -0.447 e. The lowest BCUT2D eigenvalue weighted by molar-refractivity contribution is -0.688. The molecule has 0 aliphatic heterocycles. The average molecular weight is 662 g/mol. The van der Waals surface area contributed by atoms with Crippen molar-refractivity contribution in [1.82, 2.24) is 5.32 Å². The average Bonchev–Trinajstić information content (AvgIpc) is 3.04. The van der Waals surface area contributed by atoms with E-state index in [1.165, 1.54) is 89.9 Å². The zero-order chi connectivity index (χ0) is 33.1. The van der Waals surface area contributed by atoms with Crippen LogP contribution < -0.4 is 14.4 Å². The molecule has 2 atom stereocenters. The number of alkyl carbamates (subject to hydrolysis) is 1. The van der Waals surface area contributed by atoms with Gasteiger partial charge in [-0.2, -0.15) is 0 Å². The number of aromatic nitrogens is 1. The van der Waals surface area contributed by atoms with Crippen LogP contribution in [0.5, 0.6) is 5.75 Å². The van der Waals surface area contributed by atoms with Gasteiger partial charge in [-0.25, -0.2) is 9.36 Å². The number of rotatable bonds is 28. The summed E-state index contributed by atoms with van der Waals surface area (Å²) < 4.78 is 24.5. The van der Waals surface area contributed by atoms with Gasteiger partial charge < -0.3 is 24.2 Å². The van der Waals surface area contributed by atoms with Gasteiger partial charge in [0.1, 0.15) is 18.5 Å². The van der Waals surface area contributed by atoms with Gasteiger partial charge in [0.15, 0.2) is 18.9 Å². The van der Waals surface area contributed by atoms with Gasteiger partial charge in [-0.3, -0.25) is 4.52 Å². The van der Waals surface area contributed by atoms with Crippen LogP contribution >= 0.6 is 8.60 Å². The maximum atomic E-state index is 12.2. The molecule has 0 radical (unpaired) electrons.